The molecule has 7 nitrogen and oxygen atoms in total. The maximum Gasteiger partial charge on any atom is 0.326 e. The Hall–Kier alpha value is -2.61. The summed E-state index contributed by atoms with van der Waals surface area (Å²) in [5, 5.41) is 11.5. The smallest absolute Gasteiger partial charge is 0.326 e. The summed E-state index contributed by atoms with van der Waals surface area (Å²) in [7, 11) is -3.81. The van der Waals surface area contributed by atoms with Crippen molar-refractivity contribution in [2.45, 2.75) is 31.7 Å². The lowest BCUT2D eigenvalue weighted by molar-refractivity contribution is -0.140. The number of nitrogens with zero attached hydrogens (tertiary/aromatic N) is 1. The van der Waals surface area contributed by atoms with Gasteiger partial charge in [-0.05, 0) is 31.0 Å². The predicted molar refractivity (Wildman–Crippen MR) is 91.9 cm³/mol. The van der Waals surface area contributed by atoms with Crippen molar-refractivity contribution in [2.75, 3.05) is 0 Å². The highest BCUT2D eigenvalue weighted by atomic mass is 32.2. The molecule has 134 valence electrons. The van der Waals surface area contributed by atoms with E-state index in [1.807, 2.05) is 6.92 Å². The minimum Gasteiger partial charge on any atom is -0.480 e. The number of carbonyl (C=O) groups is 2. The van der Waals surface area contributed by atoms with Gasteiger partial charge in [-0.25, -0.2) is 17.2 Å². The zero-order valence-corrected chi connectivity index (χ0v) is 14.9. The van der Waals surface area contributed by atoms with Gasteiger partial charge in [0.25, 0.3) is 15.9 Å². The molecule has 2 rings (SSSR count). The SMILES string of the molecule is Cc1ccc(S(=O)(=O)n2ccc(C(=O)N[C@@H](C(=O)O)C(C)C)c2)cc1. The first kappa shape index (κ1) is 18.7. The van der Waals surface area contributed by atoms with E-state index >= 15 is 0 Å². The van der Waals surface area contributed by atoms with Crippen molar-refractivity contribution in [1.82, 2.24) is 9.29 Å². The minimum absolute atomic E-state index is 0.0718. The van der Waals surface area contributed by atoms with Crippen LogP contribution >= 0.6 is 0 Å². The van der Waals surface area contributed by atoms with Crippen molar-refractivity contribution in [3.63, 3.8) is 0 Å². The third kappa shape index (κ3) is 4.08. The summed E-state index contributed by atoms with van der Waals surface area (Å²) < 4.78 is 26.1. The first-order valence-corrected chi connectivity index (χ1v) is 9.11. The molecule has 25 heavy (non-hydrogen) atoms. The number of rotatable bonds is 6. The van der Waals surface area contributed by atoms with Gasteiger partial charge in [-0.2, -0.15) is 0 Å². The zero-order valence-electron chi connectivity index (χ0n) is 14.1. The molecule has 0 fully saturated rings. The molecule has 2 aromatic rings. The molecule has 0 bridgehead atoms. The van der Waals surface area contributed by atoms with E-state index in [1.54, 1.807) is 26.0 Å². The minimum atomic E-state index is -3.81. The molecule has 0 saturated heterocycles. The summed E-state index contributed by atoms with van der Waals surface area (Å²) in [6.07, 6.45) is 2.43. The fourth-order valence-electron chi connectivity index (χ4n) is 2.23. The van der Waals surface area contributed by atoms with Crippen LogP contribution in [0, 0.1) is 12.8 Å². The number of hydrogen-bond donors (Lipinski definition) is 2. The molecule has 0 saturated carbocycles. The van der Waals surface area contributed by atoms with Crippen molar-refractivity contribution in [1.29, 1.82) is 0 Å². The number of nitrogens with one attached hydrogen (secondary N) is 1. The van der Waals surface area contributed by atoms with Gasteiger partial charge in [0.05, 0.1) is 10.5 Å². The molecule has 1 aromatic carbocycles. The van der Waals surface area contributed by atoms with Gasteiger partial charge in [-0.1, -0.05) is 31.5 Å². The normalized spacial score (nSPS) is 12.8. The molecule has 0 aliphatic carbocycles. The van der Waals surface area contributed by atoms with Gasteiger partial charge in [-0.15, -0.1) is 0 Å². The molecule has 0 aliphatic heterocycles. The van der Waals surface area contributed by atoms with Crippen molar-refractivity contribution >= 4 is 21.9 Å². The average molecular weight is 364 g/mol. The van der Waals surface area contributed by atoms with E-state index in [1.165, 1.54) is 30.6 Å². The predicted octanol–water partition coefficient (Wildman–Crippen LogP) is 1.87. The summed E-state index contributed by atoms with van der Waals surface area (Å²) in [4.78, 5) is 23.5. The number of carbonyl (C=O) groups excluding carboxylic acids is 1. The van der Waals surface area contributed by atoms with Crippen LogP contribution in [0.2, 0.25) is 0 Å². The highest BCUT2D eigenvalue weighted by Crippen LogP contribution is 2.16. The molecule has 0 aliphatic rings. The van der Waals surface area contributed by atoms with E-state index < -0.39 is 27.9 Å². The topological polar surface area (TPSA) is 105 Å². The molecule has 1 atom stereocenters. The number of benzene rings is 1. The first-order valence-electron chi connectivity index (χ1n) is 7.67. The fourth-order valence-corrected chi connectivity index (χ4v) is 3.43. The van der Waals surface area contributed by atoms with Gasteiger partial charge in [0.2, 0.25) is 0 Å². The number of aliphatic carboxylic acids is 1. The molecular weight excluding hydrogens is 344 g/mol. The summed E-state index contributed by atoms with van der Waals surface area (Å²) in [6, 6.07) is 6.63. The van der Waals surface area contributed by atoms with Crippen molar-refractivity contribution < 1.29 is 23.1 Å². The third-order valence-electron chi connectivity index (χ3n) is 3.75. The molecule has 1 aromatic heterocycles. The molecule has 0 unspecified atom stereocenters. The maximum atomic E-state index is 12.6. The number of aryl methyl sites for hydroxylation is 1. The summed E-state index contributed by atoms with van der Waals surface area (Å²) in [5.74, 6) is -2.09. The van der Waals surface area contributed by atoms with Gasteiger partial charge in [0, 0.05) is 12.4 Å². The number of hydrogen-bond acceptors (Lipinski definition) is 4. The fraction of sp³-hybridized carbons (Fsp3) is 0.294. The van der Waals surface area contributed by atoms with Crippen LogP contribution in [-0.4, -0.2) is 35.4 Å². The van der Waals surface area contributed by atoms with E-state index in [9.17, 15) is 18.0 Å². The van der Waals surface area contributed by atoms with E-state index in [0.29, 0.717) is 0 Å². The molecule has 1 amide bonds. The maximum absolute atomic E-state index is 12.6. The first-order chi connectivity index (χ1) is 11.6. The van der Waals surface area contributed by atoms with E-state index in [2.05, 4.69) is 5.32 Å². The number of amides is 1. The van der Waals surface area contributed by atoms with E-state index in [-0.39, 0.29) is 16.4 Å². The van der Waals surface area contributed by atoms with Gasteiger partial charge < -0.3 is 10.4 Å². The molecule has 0 spiro atoms. The van der Waals surface area contributed by atoms with E-state index in [4.69, 9.17) is 5.11 Å². The lowest BCUT2D eigenvalue weighted by Crippen LogP contribution is -2.44. The average Bonchev–Trinajstić information content (AvgIpc) is 3.03. The molecular formula is C17H20N2O5S. The second-order valence-corrected chi connectivity index (χ2v) is 7.92. The largest absolute Gasteiger partial charge is 0.480 e. The Morgan fingerprint density at radius 3 is 2.24 bits per heavy atom. The Bertz CT molecular complexity index is 882. The van der Waals surface area contributed by atoms with Crippen molar-refractivity contribution in [3.05, 3.63) is 53.9 Å². The van der Waals surface area contributed by atoms with Crippen LogP contribution in [0.4, 0.5) is 0 Å². The molecule has 1 heterocycles. The highest BCUT2D eigenvalue weighted by molar-refractivity contribution is 7.90. The van der Waals surface area contributed by atoms with Gasteiger partial charge in [0.1, 0.15) is 6.04 Å². The third-order valence-corrected chi connectivity index (χ3v) is 5.40. The van der Waals surface area contributed by atoms with Gasteiger partial charge in [0.15, 0.2) is 0 Å². The molecule has 8 heteroatoms. The molecule has 0 radical (unpaired) electrons. The Morgan fingerprint density at radius 1 is 1.12 bits per heavy atom. The monoisotopic (exact) mass is 364 g/mol. The van der Waals surface area contributed by atoms with Crippen molar-refractivity contribution in [2.24, 2.45) is 5.92 Å². The van der Waals surface area contributed by atoms with Crippen LogP contribution in [0.5, 0.6) is 0 Å². The van der Waals surface area contributed by atoms with Crippen LogP contribution < -0.4 is 5.32 Å². The summed E-state index contributed by atoms with van der Waals surface area (Å²) >= 11 is 0. The summed E-state index contributed by atoms with van der Waals surface area (Å²) in [5.41, 5.74) is 1.00. The molecule has 2 N–H and O–H groups in total. The van der Waals surface area contributed by atoms with E-state index in [0.717, 1.165) is 9.54 Å². The van der Waals surface area contributed by atoms with Gasteiger partial charge in [-0.3, -0.25) is 4.79 Å². The zero-order chi connectivity index (χ0) is 18.8. The van der Waals surface area contributed by atoms with Crippen LogP contribution in [0.1, 0.15) is 29.8 Å². The van der Waals surface area contributed by atoms with Crippen LogP contribution in [0.15, 0.2) is 47.6 Å². The van der Waals surface area contributed by atoms with Crippen LogP contribution in [0.25, 0.3) is 0 Å². The van der Waals surface area contributed by atoms with Crippen LogP contribution in [0.3, 0.4) is 0 Å². The second kappa shape index (κ2) is 7.10. The second-order valence-electron chi connectivity index (χ2n) is 6.08. The summed E-state index contributed by atoms with van der Waals surface area (Å²) in [6.45, 7) is 5.19. The Balaban J connectivity index is 2.25. The highest BCUT2D eigenvalue weighted by Gasteiger charge is 2.25. The Kier molecular flexibility index (Phi) is 5.32. The lowest BCUT2D eigenvalue weighted by Gasteiger charge is -2.17. The number of carboxylic acid groups (broad SMARTS) is 1. The van der Waals surface area contributed by atoms with Gasteiger partial charge >= 0.3 is 5.97 Å². The van der Waals surface area contributed by atoms with Crippen LogP contribution in [-0.2, 0) is 14.8 Å². The van der Waals surface area contributed by atoms with Crippen molar-refractivity contribution in [3.8, 4) is 0 Å². The quantitative estimate of drug-likeness (QED) is 0.814. The Morgan fingerprint density at radius 2 is 1.72 bits per heavy atom. The number of aromatic nitrogens is 1. The number of carboxylic acids is 1. The Labute approximate surface area is 146 Å². The standard InChI is InChI=1S/C17H20N2O5S/c1-11(2)15(17(21)22)18-16(20)13-8-9-19(10-13)25(23,24)14-6-4-12(3)5-7-14/h4-11,15H,1-3H3,(H,18,20)(H,21,22)/t15-/m1/s1. The lowest BCUT2D eigenvalue weighted by atomic mass is 10.0.